The molecule has 6 heteroatoms. The minimum atomic E-state index is -1.23. The first-order chi connectivity index (χ1) is 9.42. The summed E-state index contributed by atoms with van der Waals surface area (Å²) >= 11 is 0. The second kappa shape index (κ2) is 5.60. The number of carbonyl (C=O) groups is 2. The molecular formula is C14H19N3O3. The number of carboxylic acids is 1. The van der Waals surface area contributed by atoms with E-state index in [2.05, 4.69) is 0 Å². The normalized spacial score (nSPS) is 22.7. The molecule has 108 valence electrons. The summed E-state index contributed by atoms with van der Waals surface area (Å²) in [4.78, 5) is 26.6. The highest BCUT2D eigenvalue weighted by Crippen LogP contribution is 2.19. The molecule has 1 unspecified atom stereocenters. The summed E-state index contributed by atoms with van der Waals surface area (Å²) in [5, 5.41) is 9.06. The van der Waals surface area contributed by atoms with Crippen molar-refractivity contribution < 1.29 is 14.7 Å². The molecule has 1 aliphatic rings. The quantitative estimate of drug-likeness (QED) is 0.817. The molecular weight excluding hydrogens is 258 g/mol. The summed E-state index contributed by atoms with van der Waals surface area (Å²) in [6.07, 6.45) is 0.366. The van der Waals surface area contributed by atoms with Crippen molar-refractivity contribution in [2.75, 3.05) is 31.6 Å². The third-order valence-electron chi connectivity index (χ3n) is 3.68. The molecule has 0 aliphatic carbocycles. The van der Waals surface area contributed by atoms with Gasteiger partial charge in [-0.3, -0.25) is 14.5 Å². The smallest absolute Gasteiger partial charge is 0.325 e. The van der Waals surface area contributed by atoms with Gasteiger partial charge in [0.25, 0.3) is 0 Å². The fraction of sp³-hybridized carbons (Fsp3) is 0.429. The first kappa shape index (κ1) is 14.5. The van der Waals surface area contributed by atoms with Crippen LogP contribution in [0.25, 0.3) is 0 Å². The largest absolute Gasteiger partial charge is 0.480 e. The molecule has 3 N–H and O–H groups in total. The standard InChI is InChI=1S/C14H19N3O3/c1-16(11-5-3-2-4-6-11)12(18)9-17-8-7-14(15,10-17)13(19)20/h2-6H,7-10,15H2,1H3,(H,19,20). The van der Waals surface area contributed by atoms with Crippen LogP contribution < -0.4 is 10.6 Å². The SMILES string of the molecule is CN(C(=O)CN1CCC(N)(C(=O)O)C1)c1ccccc1. The number of para-hydroxylation sites is 1. The number of carboxylic acid groups (broad SMARTS) is 1. The highest BCUT2D eigenvalue weighted by molar-refractivity contribution is 5.94. The Hall–Kier alpha value is -1.92. The van der Waals surface area contributed by atoms with E-state index in [4.69, 9.17) is 10.8 Å². The summed E-state index contributed by atoms with van der Waals surface area (Å²) < 4.78 is 0. The fourth-order valence-electron chi connectivity index (χ4n) is 2.32. The van der Waals surface area contributed by atoms with Gasteiger partial charge in [-0.1, -0.05) is 18.2 Å². The molecule has 0 spiro atoms. The number of nitrogens with zero attached hydrogens (tertiary/aromatic N) is 2. The fourth-order valence-corrected chi connectivity index (χ4v) is 2.32. The van der Waals surface area contributed by atoms with E-state index < -0.39 is 11.5 Å². The lowest BCUT2D eigenvalue weighted by atomic mass is 10.0. The van der Waals surface area contributed by atoms with Gasteiger partial charge in [-0.05, 0) is 18.6 Å². The molecule has 1 saturated heterocycles. The van der Waals surface area contributed by atoms with Crippen LogP contribution in [0.3, 0.4) is 0 Å². The maximum atomic E-state index is 12.2. The molecule has 1 aliphatic heterocycles. The monoisotopic (exact) mass is 277 g/mol. The Balaban J connectivity index is 1.95. The van der Waals surface area contributed by atoms with Crippen LogP contribution in [0.5, 0.6) is 0 Å². The molecule has 1 atom stereocenters. The average Bonchev–Trinajstić information content (AvgIpc) is 2.82. The van der Waals surface area contributed by atoms with Gasteiger partial charge >= 0.3 is 5.97 Å². The van der Waals surface area contributed by atoms with Crippen molar-refractivity contribution in [1.29, 1.82) is 0 Å². The lowest BCUT2D eigenvalue weighted by Gasteiger charge is -2.23. The zero-order chi connectivity index (χ0) is 14.8. The van der Waals surface area contributed by atoms with Crippen LogP contribution in [0.1, 0.15) is 6.42 Å². The number of likely N-dealkylation sites (N-methyl/N-ethyl adjacent to an activating group) is 1. The highest BCUT2D eigenvalue weighted by atomic mass is 16.4. The topological polar surface area (TPSA) is 86.9 Å². The average molecular weight is 277 g/mol. The van der Waals surface area contributed by atoms with E-state index in [1.54, 1.807) is 16.8 Å². The summed E-state index contributed by atoms with van der Waals surface area (Å²) in [7, 11) is 1.71. The summed E-state index contributed by atoms with van der Waals surface area (Å²) in [6, 6.07) is 9.32. The van der Waals surface area contributed by atoms with E-state index in [-0.39, 0.29) is 19.0 Å². The number of nitrogens with two attached hydrogens (primary N) is 1. The van der Waals surface area contributed by atoms with Gasteiger partial charge in [0, 0.05) is 25.8 Å². The van der Waals surface area contributed by atoms with Crippen molar-refractivity contribution in [3.63, 3.8) is 0 Å². The molecule has 1 aromatic carbocycles. The van der Waals surface area contributed by atoms with Crippen molar-refractivity contribution in [2.24, 2.45) is 5.73 Å². The number of hydrogen-bond acceptors (Lipinski definition) is 4. The van der Waals surface area contributed by atoms with Crippen LogP contribution in [0, 0.1) is 0 Å². The Bertz CT molecular complexity index is 506. The van der Waals surface area contributed by atoms with Crippen LogP contribution in [0.2, 0.25) is 0 Å². The Morgan fingerprint density at radius 2 is 2.05 bits per heavy atom. The maximum absolute atomic E-state index is 12.2. The lowest BCUT2D eigenvalue weighted by Crippen LogP contribution is -2.50. The Morgan fingerprint density at radius 1 is 1.40 bits per heavy atom. The molecule has 0 aromatic heterocycles. The number of carbonyl (C=O) groups excluding carboxylic acids is 1. The number of aliphatic carboxylic acids is 1. The van der Waals surface area contributed by atoms with E-state index in [0.29, 0.717) is 13.0 Å². The number of likely N-dealkylation sites (tertiary alicyclic amines) is 1. The van der Waals surface area contributed by atoms with Crippen LogP contribution in [-0.2, 0) is 9.59 Å². The summed E-state index contributed by atoms with van der Waals surface area (Å²) in [6.45, 7) is 0.908. The number of hydrogen-bond donors (Lipinski definition) is 2. The molecule has 1 amide bonds. The molecule has 0 bridgehead atoms. The summed E-state index contributed by atoms with van der Waals surface area (Å²) in [5.74, 6) is -1.09. The van der Waals surface area contributed by atoms with Crippen molar-refractivity contribution in [2.45, 2.75) is 12.0 Å². The third-order valence-corrected chi connectivity index (χ3v) is 3.68. The zero-order valence-corrected chi connectivity index (χ0v) is 11.5. The van der Waals surface area contributed by atoms with Crippen LogP contribution in [-0.4, -0.2) is 54.1 Å². The highest BCUT2D eigenvalue weighted by Gasteiger charge is 2.41. The predicted octanol–water partition coefficient (Wildman–Crippen LogP) is 0.137. The molecule has 1 fully saturated rings. The van der Waals surface area contributed by atoms with Crippen LogP contribution in [0.15, 0.2) is 30.3 Å². The third kappa shape index (κ3) is 2.97. The van der Waals surface area contributed by atoms with Crippen molar-refractivity contribution >= 4 is 17.6 Å². The zero-order valence-electron chi connectivity index (χ0n) is 11.5. The van der Waals surface area contributed by atoms with Crippen LogP contribution >= 0.6 is 0 Å². The molecule has 2 rings (SSSR count). The van der Waals surface area contributed by atoms with Gasteiger partial charge < -0.3 is 15.7 Å². The molecule has 20 heavy (non-hydrogen) atoms. The van der Waals surface area contributed by atoms with Gasteiger partial charge in [0.2, 0.25) is 5.91 Å². The number of anilines is 1. The van der Waals surface area contributed by atoms with Gasteiger partial charge in [-0.25, -0.2) is 0 Å². The van der Waals surface area contributed by atoms with E-state index in [1.165, 1.54) is 0 Å². The first-order valence-electron chi connectivity index (χ1n) is 6.48. The molecule has 1 heterocycles. The van der Waals surface area contributed by atoms with Gasteiger partial charge in [0.15, 0.2) is 0 Å². The molecule has 6 nitrogen and oxygen atoms in total. The van der Waals surface area contributed by atoms with E-state index in [9.17, 15) is 9.59 Å². The first-order valence-corrected chi connectivity index (χ1v) is 6.48. The summed E-state index contributed by atoms with van der Waals surface area (Å²) in [5.41, 5.74) is 5.37. The van der Waals surface area contributed by atoms with Crippen molar-refractivity contribution in [3.8, 4) is 0 Å². The molecule has 0 saturated carbocycles. The maximum Gasteiger partial charge on any atom is 0.325 e. The Kier molecular flexibility index (Phi) is 4.06. The second-order valence-corrected chi connectivity index (χ2v) is 5.21. The van der Waals surface area contributed by atoms with Crippen molar-refractivity contribution in [1.82, 2.24) is 4.90 Å². The minimum Gasteiger partial charge on any atom is -0.480 e. The Labute approximate surface area is 117 Å². The number of benzene rings is 1. The second-order valence-electron chi connectivity index (χ2n) is 5.21. The van der Waals surface area contributed by atoms with Gasteiger partial charge in [-0.15, -0.1) is 0 Å². The Morgan fingerprint density at radius 3 is 2.60 bits per heavy atom. The van der Waals surface area contributed by atoms with E-state index >= 15 is 0 Å². The predicted molar refractivity (Wildman–Crippen MR) is 75.5 cm³/mol. The van der Waals surface area contributed by atoms with Crippen molar-refractivity contribution in [3.05, 3.63) is 30.3 Å². The van der Waals surface area contributed by atoms with Gasteiger partial charge in [-0.2, -0.15) is 0 Å². The van der Waals surface area contributed by atoms with E-state index in [0.717, 1.165) is 5.69 Å². The van der Waals surface area contributed by atoms with E-state index in [1.807, 2.05) is 30.3 Å². The number of amides is 1. The molecule has 0 radical (unpaired) electrons. The lowest BCUT2D eigenvalue weighted by molar-refractivity contribution is -0.143. The number of rotatable bonds is 4. The minimum absolute atomic E-state index is 0.0779. The molecule has 1 aromatic rings. The van der Waals surface area contributed by atoms with Crippen LogP contribution in [0.4, 0.5) is 5.69 Å². The van der Waals surface area contributed by atoms with Gasteiger partial charge in [0.05, 0.1) is 6.54 Å². The van der Waals surface area contributed by atoms with Gasteiger partial charge in [0.1, 0.15) is 5.54 Å².